The molecule has 2 aromatic carbocycles. The summed E-state index contributed by atoms with van der Waals surface area (Å²) in [7, 11) is -1.16. The number of hydrogen-bond donors (Lipinski definition) is 4. The van der Waals surface area contributed by atoms with E-state index in [0.29, 0.717) is 27.3 Å². The van der Waals surface area contributed by atoms with Crippen LogP contribution in [0.25, 0.3) is 21.7 Å². The molecule has 6 aromatic rings. The molecule has 16 aliphatic rings. The van der Waals surface area contributed by atoms with Gasteiger partial charge in [0.05, 0.1) is 24.3 Å². The number of nitrogens with zero attached hydrogens (tertiary/aromatic N) is 3. The highest BCUT2D eigenvalue weighted by molar-refractivity contribution is 7.13. The fourth-order valence-corrected chi connectivity index (χ4v) is 24.8. The van der Waals surface area contributed by atoms with Crippen molar-refractivity contribution in [1.29, 1.82) is 0 Å². The maximum atomic E-state index is 5.84. The maximum absolute atomic E-state index is 5.84. The predicted molar refractivity (Wildman–Crippen MR) is 372 cm³/mol. The number of thiophene rings is 1. The lowest BCUT2D eigenvalue weighted by molar-refractivity contribution is -0.0208. The zero-order valence-electron chi connectivity index (χ0n) is 54.4. The first-order valence-corrected chi connectivity index (χ1v) is 40.6. The molecule has 22 rings (SSSR count). The van der Waals surface area contributed by atoms with Gasteiger partial charge in [0.1, 0.15) is 5.15 Å². The molecule has 16 aliphatic carbocycles. The summed E-state index contributed by atoms with van der Waals surface area (Å²) < 4.78 is 0. The van der Waals surface area contributed by atoms with Crippen molar-refractivity contribution in [3.63, 3.8) is 0 Å². The minimum absolute atomic E-state index is 0.422. The maximum Gasteiger partial charge on any atom is 0.129 e. The molecule has 16 saturated carbocycles. The smallest absolute Gasteiger partial charge is 0.129 e. The molecule has 4 N–H and O–H groups in total. The van der Waals surface area contributed by atoms with E-state index in [1.54, 1.807) is 16.5 Å². The monoisotopic (exact) mass is 1250 g/mol. The van der Waals surface area contributed by atoms with Crippen LogP contribution in [0.5, 0.6) is 0 Å². The Hall–Kier alpha value is -4.06. The Morgan fingerprint density at radius 1 is 0.416 bits per heavy atom. The number of rotatable bonds is 15. The van der Waals surface area contributed by atoms with Crippen molar-refractivity contribution in [1.82, 2.24) is 36.2 Å². The number of aromatic nitrogens is 3. The van der Waals surface area contributed by atoms with E-state index in [1.165, 1.54) is 198 Å². The summed E-state index contributed by atoms with van der Waals surface area (Å²) in [6.07, 6.45) is 41.2. The highest BCUT2D eigenvalue weighted by Gasteiger charge is 2.54. The quantitative estimate of drug-likeness (QED) is 0.0602. The van der Waals surface area contributed by atoms with Crippen LogP contribution >= 0.6 is 22.9 Å². The number of benzene rings is 2. The molecule has 0 saturated heterocycles. The molecule has 0 spiro atoms. The SMILES string of the molecule is C[Si](C)(C)c1ccc(CNC23CC4CC(CC(C4)C2)C3)cc1.Cc1ccccc1-c1ccc(CNC23CC4CC(CC(C4)C2)C3)nc1.Clc1ccc(CNC23CC4CC(CC(C4)C2)C3)cn1.c1csc(-c2ccc(CNC34CC5CC(CC(C5)C3)C4)cn2)c1. The molecular formula is C79H104ClN7SSi. The molecule has 0 amide bonds. The topological polar surface area (TPSA) is 86.8 Å². The summed E-state index contributed by atoms with van der Waals surface area (Å²) in [4.78, 5) is 14.8. The third-order valence-electron chi connectivity index (χ3n) is 25.3. The molecule has 0 aliphatic heterocycles. The van der Waals surface area contributed by atoms with Crippen LogP contribution in [0.2, 0.25) is 24.8 Å². The Labute approximate surface area is 544 Å². The lowest BCUT2D eigenvalue weighted by Crippen LogP contribution is -2.58. The van der Waals surface area contributed by atoms with Crippen molar-refractivity contribution in [2.24, 2.45) is 71.0 Å². The van der Waals surface area contributed by atoms with E-state index in [-0.39, 0.29) is 0 Å². The first-order chi connectivity index (χ1) is 43.1. The third kappa shape index (κ3) is 14.1. The van der Waals surface area contributed by atoms with Crippen LogP contribution in [0, 0.1) is 77.9 Å². The van der Waals surface area contributed by atoms with Crippen LogP contribution in [0.1, 0.15) is 182 Å². The second-order valence-corrected chi connectivity index (χ2v) is 39.9. The van der Waals surface area contributed by atoms with Crippen molar-refractivity contribution in [3.8, 4) is 21.7 Å². The molecule has 7 nitrogen and oxygen atoms in total. The van der Waals surface area contributed by atoms with E-state index in [1.807, 2.05) is 18.5 Å². The lowest BCUT2D eigenvalue weighted by atomic mass is 9.53. The molecule has 4 heterocycles. The van der Waals surface area contributed by atoms with Crippen molar-refractivity contribution in [3.05, 3.63) is 154 Å². The first-order valence-electron chi connectivity index (χ1n) is 35.8. The second kappa shape index (κ2) is 25.3. The van der Waals surface area contributed by atoms with Gasteiger partial charge in [-0.25, -0.2) is 4.98 Å². The van der Waals surface area contributed by atoms with Crippen LogP contribution in [-0.4, -0.2) is 45.2 Å². The molecular weight excluding hydrogens is 1140 g/mol. The molecule has 0 atom stereocenters. The number of pyridine rings is 3. The Morgan fingerprint density at radius 2 is 0.820 bits per heavy atom. The summed E-state index contributed by atoms with van der Waals surface area (Å²) in [5, 5.41) is 20.1. The van der Waals surface area contributed by atoms with Crippen LogP contribution < -0.4 is 26.5 Å². The van der Waals surface area contributed by atoms with Crippen molar-refractivity contribution in [2.75, 3.05) is 0 Å². The van der Waals surface area contributed by atoms with Gasteiger partial charge in [0.25, 0.3) is 0 Å². The largest absolute Gasteiger partial charge is 0.307 e. The highest BCUT2D eigenvalue weighted by Crippen LogP contribution is 2.59. The predicted octanol–water partition coefficient (Wildman–Crippen LogP) is 18.1. The standard InChI is InChI=1S/C23H28N2.C20H24N2S.C20H31NSi.C16H21ClN2/c1-16-4-2-3-5-22(16)20-6-7-21(24-14-20)15-25-23-11-17-8-18(12-23)10-19(9-17)13-23;1-2-19(23-5-1)18-4-3-14(12-21-18)13-22-20-9-15-6-16(10-20)8-17(7-15)11-20;1-22(2,3)19-6-4-15(5-7-19)14-21-20-11-16-8-17(12-20)10-18(9-16)13-20;17-15-2-1-11(9-18-15)10-19-16-6-12-3-13(7-16)5-14(4-12)8-16/h2-7,14,17-19,25H,8-13,15H2,1H3;1-5,12,15-17,22H,6-11,13H2;4-7,16-18,21H,8-14H2,1-3H3;1-2,9,12-14,19H,3-8,10H2. The molecule has 0 radical (unpaired) electrons. The molecule has 4 aromatic heterocycles. The van der Waals surface area contributed by atoms with Gasteiger partial charge in [0.2, 0.25) is 0 Å². The fourth-order valence-electron chi connectivity index (χ4n) is 22.8. The number of aryl methyl sites for hydroxylation is 1. The Kier molecular flexibility index (Phi) is 17.4. The van der Waals surface area contributed by atoms with E-state index in [9.17, 15) is 0 Å². The molecule has 472 valence electrons. The van der Waals surface area contributed by atoms with Crippen molar-refractivity contribution >= 4 is 36.2 Å². The van der Waals surface area contributed by atoms with Crippen LogP contribution in [0.3, 0.4) is 0 Å². The summed E-state index contributed by atoms with van der Waals surface area (Å²) in [6.45, 7) is 13.3. The summed E-state index contributed by atoms with van der Waals surface area (Å²) in [5.41, 5.74) is 11.9. The minimum atomic E-state index is -1.16. The van der Waals surface area contributed by atoms with Crippen LogP contribution in [-0.2, 0) is 26.2 Å². The summed E-state index contributed by atoms with van der Waals surface area (Å²) in [5.74, 6) is 12.1. The van der Waals surface area contributed by atoms with Crippen LogP contribution in [0.4, 0.5) is 0 Å². The number of nitrogens with one attached hydrogen (secondary N) is 4. The highest BCUT2D eigenvalue weighted by atomic mass is 35.5. The molecule has 10 heteroatoms. The zero-order chi connectivity index (χ0) is 60.4. The van der Waals surface area contributed by atoms with Gasteiger partial charge in [-0.15, -0.1) is 11.3 Å². The van der Waals surface area contributed by atoms with E-state index in [4.69, 9.17) is 16.6 Å². The molecule has 16 fully saturated rings. The first kappa shape index (κ1) is 61.1. The Morgan fingerprint density at radius 3 is 1.18 bits per heavy atom. The number of hydrogen-bond acceptors (Lipinski definition) is 8. The number of halogens is 1. The Balaban J connectivity index is 0.0000000998. The minimum Gasteiger partial charge on any atom is -0.307 e. The molecule has 89 heavy (non-hydrogen) atoms. The van der Waals surface area contributed by atoms with E-state index >= 15 is 0 Å². The fraction of sp³-hybridized carbons (Fsp3) is 0.608. The van der Waals surface area contributed by atoms with Crippen molar-refractivity contribution < 1.29 is 0 Å². The van der Waals surface area contributed by atoms with Gasteiger partial charge >= 0.3 is 0 Å². The van der Waals surface area contributed by atoms with Gasteiger partial charge < -0.3 is 21.3 Å². The van der Waals surface area contributed by atoms with Gasteiger partial charge in [-0.1, -0.05) is 109 Å². The van der Waals surface area contributed by atoms with E-state index in [2.05, 4.69) is 160 Å². The van der Waals surface area contributed by atoms with Gasteiger partial charge in [-0.05, 0) is 290 Å². The second-order valence-electron chi connectivity index (χ2n) is 33.5. The lowest BCUT2D eigenvalue weighted by Gasteiger charge is -2.57. The van der Waals surface area contributed by atoms with Gasteiger partial charge in [-0.3, -0.25) is 9.97 Å². The van der Waals surface area contributed by atoms with E-state index in [0.717, 1.165) is 103 Å². The van der Waals surface area contributed by atoms with Crippen LogP contribution in [0.15, 0.2) is 121 Å². The van der Waals surface area contributed by atoms with Gasteiger partial charge in [0.15, 0.2) is 0 Å². The van der Waals surface area contributed by atoms with Crippen molar-refractivity contribution in [2.45, 2.75) is 229 Å². The average Bonchev–Trinajstić information content (AvgIpc) is 0.991. The molecule has 16 bridgehead atoms. The average molecular weight is 1250 g/mol. The van der Waals surface area contributed by atoms with Gasteiger partial charge in [0, 0.05) is 72.5 Å². The zero-order valence-corrected chi connectivity index (χ0v) is 57.0. The van der Waals surface area contributed by atoms with Gasteiger partial charge in [-0.2, -0.15) is 0 Å². The Bertz CT molecular complexity index is 3190. The third-order valence-corrected chi connectivity index (χ3v) is 28.5. The summed E-state index contributed by atoms with van der Waals surface area (Å²) >= 11 is 7.59. The van der Waals surface area contributed by atoms with E-state index < -0.39 is 8.07 Å². The summed E-state index contributed by atoms with van der Waals surface area (Å²) in [6, 6.07) is 35.1. The molecule has 0 unspecified atom stereocenters. The normalized spacial score (nSPS) is 35.8.